The molecule has 2 rings (SSSR count). The lowest BCUT2D eigenvalue weighted by molar-refractivity contribution is 0.261. The van der Waals surface area contributed by atoms with Gasteiger partial charge in [0.1, 0.15) is 0 Å². The van der Waals surface area contributed by atoms with Gasteiger partial charge in [0, 0.05) is 12.6 Å². The monoisotopic (exact) mass is 181 g/mol. The Balaban J connectivity index is 1.84. The van der Waals surface area contributed by atoms with E-state index >= 15 is 0 Å². The molecule has 0 spiro atoms. The average Bonchev–Trinajstić information content (AvgIpc) is 2.74. The predicted molar refractivity (Wildman–Crippen MR) is 53.4 cm³/mol. The number of rotatable bonds is 4. The first kappa shape index (κ1) is 9.22. The molecule has 2 nitrogen and oxygen atoms in total. The minimum atomic E-state index is 0.251. The second-order valence-corrected chi connectivity index (χ2v) is 4.41. The Labute approximate surface area is 80.0 Å². The molecule has 0 aromatic rings. The molecule has 1 fully saturated rings. The molecule has 0 heterocycles. The summed E-state index contributed by atoms with van der Waals surface area (Å²) in [5.74, 6) is 2.47. The fourth-order valence-electron chi connectivity index (χ4n) is 2.84. The highest BCUT2D eigenvalue weighted by atomic mass is 16.3. The number of fused-ring (bicyclic) bond motifs is 2. The first-order valence-corrected chi connectivity index (χ1v) is 5.34. The number of allylic oxidation sites excluding steroid dienone is 2. The van der Waals surface area contributed by atoms with E-state index in [1.165, 1.54) is 12.8 Å². The second kappa shape index (κ2) is 3.81. The first-order chi connectivity index (χ1) is 6.31. The molecular weight excluding hydrogens is 162 g/mol. The molecule has 2 aliphatic carbocycles. The zero-order chi connectivity index (χ0) is 9.26. The minimum Gasteiger partial charge on any atom is -0.395 e. The van der Waals surface area contributed by atoms with Crippen LogP contribution in [0.25, 0.3) is 0 Å². The van der Waals surface area contributed by atoms with Crippen LogP contribution in [0.2, 0.25) is 0 Å². The summed E-state index contributed by atoms with van der Waals surface area (Å²) in [5, 5.41) is 12.1. The van der Waals surface area contributed by atoms with Crippen LogP contribution in [0.15, 0.2) is 12.2 Å². The van der Waals surface area contributed by atoms with Gasteiger partial charge < -0.3 is 10.4 Å². The Hall–Kier alpha value is -0.340. The highest BCUT2D eigenvalue weighted by molar-refractivity contribution is 5.11. The molecule has 4 atom stereocenters. The van der Waals surface area contributed by atoms with Crippen LogP contribution in [-0.2, 0) is 0 Å². The molecule has 0 aliphatic heterocycles. The molecule has 1 saturated carbocycles. The van der Waals surface area contributed by atoms with Crippen molar-refractivity contribution >= 4 is 0 Å². The third kappa shape index (κ3) is 1.79. The molecule has 13 heavy (non-hydrogen) atoms. The SMILES string of the molecule is CC(NCCO)C1CC2C=CC1C2. The molecule has 0 aromatic heterocycles. The van der Waals surface area contributed by atoms with Crippen LogP contribution in [0, 0.1) is 17.8 Å². The average molecular weight is 181 g/mol. The van der Waals surface area contributed by atoms with Crippen molar-refractivity contribution in [1.82, 2.24) is 5.32 Å². The van der Waals surface area contributed by atoms with Crippen LogP contribution in [-0.4, -0.2) is 24.3 Å². The van der Waals surface area contributed by atoms with Gasteiger partial charge >= 0.3 is 0 Å². The Morgan fingerprint density at radius 2 is 2.31 bits per heavy atom. The molecule has 2 heteroatoms. The van der Waals surface area contributed by atoms with Crippen LogP contribution < -0.4 is 5.32 Å². The van der Waals surface area contributed by atoms with Crippen molar-refractivity contribution in [1.29, 1.82) is 0 Å². The number of aliphatic hydroxyl groups is 1. The van der Waals surface area contributed by atoms with Crippen LogP contribution >= 0.6 is 0 Å². The number of nitrogens with one attached hydrogen (secondary N) is 1. The lowest BCUT2D eigenvalue weighted by Gasteiger charge is -2.26. The summed E-state index contributed by atoms with van der Waals surface area (Å²) in [5.41, 5.74) is 0. The molecular formula is C11H19NO. The molecule has 0 aromatic carbocycles. The summed E-state index contributed by atoms with van der Waals surface area (Å²) >= 11 is 0. The maximum absolute atomic E-state index is 8.71. The lowest BCUT2D eigenvalue weighted by atomic mass is 9.87. The van der Waals surface area contributed by atoms with Crippen LogP contribution in [0.3, 0.4) is 0 Å². The number of aliphatic hydroxyl groups excluding tert-OH is 1. The van der Waals surface area contributed by atoms with Crippen molar-refractivity contribution < 1.29 is 5.11 Å². The summed E-state index contributed by atoms with van der Waals surface area (Å²) < 4.78 is 0. The molecule has 4 unspecified atom stereocenters. The van der Waals surface area contributed by atoms with Crippen molar-refractivity contribution in [2.75, 3.05) is 13.2 Å². The quantitative estimate of drug-likeness (QED) is 0.638. The highest BCUT2D eigenvalue weighted by Gasteiger charge is 2.37. The Morgan fingerprint density at radius 1 is 1.46 bits per heavy atom. The van der Waals surface area contributed by atoms with E-state index in [9.17, 15) is 0 Å². The topological polar surface area (TPSA) is 32.3 Å². The molecule has 2 bridgehead atoms. The van der Waals surface area contributed by atoms with Crippen molar-refractivity contribution in [2.24, 2.45) is 17.8 Å². The van der Waals surface area contributed by atoms with E-state index in [1.807, 2.05) is 0 Å². The van der Waals surface area contributed by atoms with Gasteiger partial charge in [0.25, 0.3) is 0 Å². The van der Waals surface area contributed by atoms with Crippen LogP contribution in [0.5, 0.6) is 0 Å². The Morgan fingerprint density at radius 3 is 2.85 bits per heavy atom. The summed E-state index contributed by atoms with van der Waals surface area (Å²) in [4.78, 5) is 0. The number of hydrogen-bond donors (Lipinski definition) is 2. The first-order valence-electron chi connectivity index (χ1n) is 5.34. The van der Waals surface area contributed by atoms with Gasteiger partial charge in [-0.1, -0.05) is 12.2 Å². The second-order valence-electron chi connectivity index (χ2n) is 4.41. The number of hydrogen-bond acceptors (Lipinski definition) is 2. The van der Waals surface area contributed by atoms with Crippen LogP contribution in [0.4, 0.5) is 0 Å². The van der Waals surface area contributed by atoms with Gasteiger partial charge in [0.2, 0.25) is 0 Å². The fraction of sp³-hybridized carbons (Fsp3) is 0.818. The third-order valence-corrected chi connectivity index (χ3v) is 3.55. The molecule has 2 N–H and O–H groups in total. The van der Waals surface area contributed by atoms with Gasteiger partial charge in [-0.25, -0.2) is 0 Å². The zero-order valence-electron chi connectivity index (χ0n) is 8.24. The fourth-order valence-corrected chi connectivity index (χ4v) is 2.84. The van der Waals surface area contributed by atoms with Crippen molar-refractivity contribution in [3.8, 4) is 0 Å². The van der Waals surface area contributed by atoms with Crippen molar-refractivity contribution in [2.45, 2.75) is 25.8 Å². The summed E-state index contributed by atoms with van der Waals surface area (Å²) in [6.45, 7) is 3.23. The van der Waals surface area contributed by atoms with E-state index in [-0.39, 0.29) is 6.61 Å². The van der Waals surface area contributed by atoms with Gasteiger partial charge in [-0.15, -0.1) is 0 Å². The minimum absolute atomic E-state index is 0.251. The standard InChI is InChI=1S/C11H19NO/c1-8(12-4-5-13)11-7-9-2-3-10(11)6-9/h2-3,8-13H,4-7H2,1H3. The zero-order valence-corrected chi connectivity index (χ0v) is 8.24. The van der Waals surface area contributed by atoms with Gasteiger partial charge in [0.15, 0.2) is 0 Å². The van der Waals surface area contributed by atoms with E-state index in [0.717, 1.165) is 24.3 Å². The van der Waals surface area contributed by atoms with E-state index in [1.54, 1.807) is 0 Å². The molecule has 74 valence electrons. The van der Waals surface area contributed by atoms with Gasteiger partial charge in [-0.3, -0.25) is 0 Å². The summed E-state index contributed by atoms with van der Waals surface area (Å²) in [6.07, 6.45) is 7.48. The normalized spacial score (nSPS) is 38.5. The molecule has 0 amide bonds. The van der Waals surface area contributed by atoms with Crippen LogP contribution in [0.1, 0.15) is 19.8 Å². The third-order valence-electron chi connectivity index (χ3n) is 3.55. The Kier molecular flexibility index (Phi) is 2.70. The Bertz CT molecular complexity index is 202. The molecule has 0 saturated heterocycles. The molecule has 2 aliphatic rings. The maximum Gasteiger partial charge on any atom is 0.0556 e. The van der Waals surface area contributed by atoms with Crippen molar-refractivity contribution in [3.05, 3.63) is 12.2 Å². The van der Waals surface area contributed by atoms with Gasteiger partial charge in [-0.05, 0) is 37.5 Å². The summed E-state index contributed by atoms with van der Waals surface area (Å²) in [7, 11) is 0. The smallest absolute Gasteiger partial charge is 0.0556 e. The highest BCUT2D eigenvalue weighted by Crippen LogP contribution is 2.44. The van der Waals surface area contributed by atoms with Gasteiger partial charge in [0.05, 0.1) is 6.61 Å². The molecule has 0 radical (unpaired) electrons. The van der Waals surface area contributed by atoms with E-state index in [0.29, 0.717) is 6.04 Å². The lowest BCUT2D eigenvalue weighted by Crippen LogP contribution is -2.37. The van der Waals surface area contributed by atoms with Crippen molar-refractivity contribution in [3.63, 3.8) is 0 Å². The van der Waals surface area contributed by atoms with E-state index < -0.39 is 0 Å². The summed E-state index contributed by atoms with van der Waals surface area (Å²) in [6, 6.07) is 0.562. The predicted octanol–water partition coefficient (Wildman–Crippen LogP) is 1.17. The maximum atomic E-state index is 8.71. The van der Waals surface area contributed by atoms with E-state index in [2.05, 4.69) is 24.4 Å². The largest absolute Gasteiger partial charge is 0.395 e. The van der Waals surface area contributed by atoms with E-state index in [4.69, 9.17) is 5.11 Å². The van der Waals surface area contributed by atoms with Gasteiger partial charge in [-0.2, -0.15) is 0 Å².